The van der Waals surface area contributed by atoms with Crippen molar-refractivity contribution in [2.24, 2.45) is 10.8 Å². The van der Waals surface area contributed by atoms with E-state index in [1.807, 2.05) is 0 Å². The van der Waals surface area contributed by atoms with Gasteiger partial charge in [0, 0.05) is 26.1 Å². The third kappa shape index (κ3) is 8.96. The molecule has 134 valence electrons. The molecule has 1 aromatic rings. The minimum absolute atomic E-state index is 0.116. The molecule has 0 unspecified atom stereocenters. The summed E-state index contributed by atoms with van der Waals surface area (Å²) >= 11 is 0. The lowest BCUT2D eigenvalue weighted by Crippen LogP contribution is -2.41. The maximum Gasteiger partial charge on any atom is 0.519 e. The maximum absolute atomic E-state index is 10.7. The van der Waals surface area contributed by atoms with Gasteiger partial charge in [0.1, 0.15) is 11.5 Å². The number of nitrogens with zero attached hydrogens (tertiary/aromatic N) is 1. The van der Waals surface area contributed by atoms with Gasteiger partial charge in [-0.15, -0.1) is 0 Å². The molecule has 5 heteroatoms. The van der Waals surface area contributed by atoms with Crippen molar-refractivity contribution in [2.45, 2.75) is 54.9 Å². The van der Waals surface area contributed by atoms with Crippen molar-refractivity contribution >= 4 is 0 Å². The number of morpholine rings is 1. The Morgan fingerprint density at radius 1 is 0.957 bits per heavy atom. The van der Waals surface area contributed by atoms with Gasteiger partial charge in [-0.05, 0) is 17.8 Å². The molecule has 23 heavy (non-hydrogen) atoms. The van der Waals surface area contributed by atoms with E-state index in [0.29, 0.717) is 16.9 Å². The molecule has 2 rings (SSSR count). The van der Waals surface area contributed by atoms with Crippen LogP contribution in [0.15, 0.2) is 13.6 Å². The van der Waals surface area contributed by atoms with Crippen LogP contribution in [0.3, 0.4) is 0 Å². The minimum Gasteiger partial charge on any atom is -0.396 e. The van der Waals surface area contributed by atoms with Crippen LogP contribution < -0.4 is 5.82 Å². The summed E-state index contributed by atoms with van der Waals surface area (Å²) in [5.41, 5.74) is 0.544. The lowest BCUT2D eigenvalue weighted by molar-refractivity contribution is 0.0236. The molecule has 0 spiro atoms. The molecule has 0 aromatic carbocycles. The molecule has 0 bridgehead atoms. The first-order chi connectivity index (χ1) is 10.5. The van der Waals surface area contributed by atoms with Gasteiger partial charge in [-0.2, -0.15) is 0 Å². The number of hydrogen-bond acceptors (Lipinski definition) is 5. The molecule has 0 amide bonds. The van der Waals surface area contributed by atoms with Crippen LogP contribution in [-0.4, -0.2) is 37.7 Å². The fourth-order valence-corrected chi connectivity index (χ4v) is 2.45. The predicted octanol–water partition coefficient (Wildman–Crippen LogP) is 3.49. The zero-order valence-electron chi connectivity index (χ0n) is 15.8. The molecular formula is C18H33NO4. The maximum atomic E-state index is 10.7. The van der Waals surface area contributed by atoms with Crippen molar-refractivity contribution in [1.82, 2.24) is 4.90 Å². The normalized spacial score (nSPS) is 16.8. The van der Waals surface area contributed by atoms with E-state index in [-0.39, 0.29) is 5.41 Å². The van der Waals surface area contributed by atoms with Crippen LogP contribution in [0, 0.1) is 17.8 Å². The molecule has 1 fully saturated rings. The van der Waals surface area contributed by atoms with Crippen LogP contribution in [-0.2, 0) is 11.2 Å². The molecule has 5 nitrogen and oxygen atoms in total. The first kappa shape index (κ1) is 20.0. The number of rotatable bonds is 2. The van der Waals surface area contributed by atoms with Crippen molar-refractivity contribution in [3.8, 4) is 0 Å². The quantitative estimate of drug-likeness (QED) is 0.832. The monoisotopic (exact) mass is 327 g/mol. The Bertz CT molecular complexity index is 510. The third-order valence-electron chi connectivity index (χ3n) is 3.33. The Labute approximate surface area is 140 Å². The summed E-state index contributed by atoms with van der Waals surface area (Å²) in [6.07, 6.45) is 0.727. The van der Waals surface area contributed by atoms with Crippen LogP contribution in [0.25, 0.3) is 0 Å². The van der Waals surface area contributed by atoms with Gasteiger partial charge in [0.2, 0.25) is 0 Å². The third-order valence-corrected chi connectivity index (χ3v) is 3.33. The summed E-state index contributed by atoms with van der Waals surface area (Å²) in [5.74, 6) is 0.647. The highest BCUT2D eigenvalue weighted by Gasteiger charge is 2.18. The molecule has 1 aromatic heterocycles. The molecule has 0 radical (unpaired) electrons. The van der Waals surface area contributed by atoms with Crippen LogP contribution in [0.1, 0.15) is 53.1 Å². The number of hydrogen-bond donors (Lipinski definition) is 0. The van der Waals surface area contributed by atoms with Gasteiger partial charge in [0.25, 0.3) is 0 Å². The van der Waals surface area contributed by atoms with E-state index >= 15 is 0 Å². The van der Waals surface area contributed by atoms with E-state index in [4.69, 9.17) is 13.6 Å². The van der Waals surface area contributed by atoms with Crippen LogP contribution in [0.4, 0.5) is 0 Å². The van der Waals surface area contributed by atoms with Crippen molar-refractivity contribution in [1.29, 1.82) is 0 Å². The second-order valence-corrected chi connectivity index (χ2v) is 8.62. The van der Waals surface area contributed by atoms with Gasteiger partial charge in [0.05, 0.1) is 13.2 Å². The van der Waals surface area contributed by atoms with Crippen molar-refractivity contribution in [3.63, 3.8) is 0 Å². The van der Waals surface area contributed by atoms with E-state index in [0.717, 1.165) is 32.7 Å². The predicted molar refractivity (Wildman–Crippen MR) is 91.9 cm³/mol. The van der Waals surface area contributed by atoms with Gasteiger partial charge in [-0.25, -0.2) is 4.79 Å². The molecule has 2 heterocycles. The fourth-order valence-electron chi connectivity index (χ4n) is 2.45. The fraction of sp³-hybridized carbons (Fsp3) is 0.833. The lowest BCUT2D eigenvalue weighted by Gasteiger charge is -2.32. The van der Waals surface area contributed by atoms with Crippen molar-refractivity contribution in [3.05, 3.63) is 22.1 Å². The lowest BCUT2D eigenvalue weighted by atomic mass is 9.91. The van der Waals surface area contributed by atoms with E-state index in [2.05, 4.69) is 46.4 Å². The summed E-state index contributed by atoms with van der Waals surface area (Å²) in [7, 11) is 0. The largest absolute Gasteiger partial charge is 0.519 e. The van der Waals surface area contributed by atoms with Crippen molar-refractivity contribution < 1.29 is 13.6 Å². The highest BCUT2D eigenvalue weighted by molar-refractivity contribution is 5.02. The molecular weight excluding hydrogens is 294 g/mol. The van der Waals surface area contributed by atoms with E-state index < -0.39 is 5.82 Å². The molecule has 0 saturated carbocycles. The standard InChI is InChI=1S/C9H19NO.C9H14O3/c1-9(2,3)8-10-4-6-11-7-5-10;1-6-7(5-9(2,3)4)12-8(10)11-6/h4-8H2,1-3H3;5H2,1-4H3. The van der Waals surface area contributed by atoms with E-state index in [1.54, 1.807) is 6.92 Å². The Kier molecular flexibility index (Phi) is 7.08. The van der Waals surface area contributed by atoms with Crippen LogP contribution >= 0.6 is 0 Å². The topological polar surface area (TPSA) is 55.8 Å². The second-order valence-electron chi connectivity index (χ2n) is 8.62. The van der Waals surface area contributed by atoms with Gasteiger partial charge >= 0.3 is 5.82 Å². The minimum atomic E-state index is -0.605. The zero-order chi connectivity index (χ0) is 17.7. The second kappa shape index (κ2) is 8.15. The highest BCUT2D eigenvalue weighted by Crippen LogP contribution is 2.21. The first-order valence-corrected chi connectivity index (χ1v) is 8.36. The molecule has 0 N–H and O–H groups in total. The van der Waals surface area contributed by atoms with Crippen LogP contribution in [0.5, 0.6) is 0 Å². The molecule has 1 aliphatic rings. The summed E-state index contributed by atoms with van der Waals surface area (Å²) < 4.78 is 14.9. The first-order valence-electron chi connectivity index (χ1n) is 8.36. The molecule has 0 aliphatic carbocycles. The summed E-state index contributed by atoms with van der Waals surface area (Å²) in [5, 5.41) is 0. The highest BCUT2D eigenvalue weighted by atomic mass is 16.6. The Hall–Kier alpha value is -1.07. The van der Waals surface area contributed by atoms with Crippen LogP contribution in [0.2, 0.25) is 0 Å². The molecule has 1 saturated heterocycles. The van der Waals surface area contributed by atoms with Crippen molar-refractivity contribution in [2.75, 3.05) is 32.8 Å². The van der Waals surface area contributed by atoms with E-state index in [9.17, 15) is 4.79 Å². The number of aryl methyl sites for hydroxylation is 1. The Balaban J connectivity index is 0.000000231. The molecule has 0 atom stereocenters. The smallest absolute Gasteiger partial charge is 0.396 e. The number of ether oxygens (including phenoxy) is 1. The SMILES string of the molecule is CC(C)(C)CN1CCOCC1.Cc1oc(=O)oc1CC(C)(C)C. The van der Waals surface area contributed by atoms with Gasteiger partial charge in [-0.1, -0.05) is 41.5 Å². The summed E-state index contributed by atoms with van der Waals surface area (Å²) in [6.45, 7) is 20.1. The summed E-state index contributed by atoms with van der Waals surface area (Å²) in [4.78, 5) is 13.1. The average Bonchev–Trinajstić information content (AvgIpc) is 2.65. The van der Waals surface area contributed by atoms with Gasteiger partial charge in [0.15, 0.2) is 0 Å². The molecule has 1 aliphatic heterocycles. The van der Waals surface area contributed by atoms with Gasteiger partial charge < -0.3 is 13.6 Å². The Morgan fingerprint density at radius 3 is 1.91 bits per heavy atom. The van der Waals surface area contributed by atoms with E-state index in [1.165, 1.54) is 6.54 Å². The summed E-state index contributed by atoms with van der Waals surface area (Å²) in [6, 6.07) is 0. The Morgan fingerprint density at radius 2 is 1.52 bits per heavy atom. The zero-order valence-corrected chi connectivity index (χ0v) is 15.8. The van der Waals surface area contributed by atoms with Gasteiger partial charge in [-0.3, -0.25) is 4.90 Å². The average molecular weight is 327 g/mol.